The van der Waals surface area contributed by atoms with E-state index in [0.717, 1.165) is 18.5 Å². The molecule has 1 heteroatoms. The number of aryl methyl sites for hydroxylation is 2. The molecule has 1 aliphatic heterocycles. The van der Waals surface area contributed by atoms with Crippen molar-refractivity contribution in [1.29, 1.82) is 0 Å². The molecule has 0 bridgehead atoms. The monoisotopic (exact) mass is 295 g/mol. The summed E-state index contributed by atoms with van der Waals surface area (Å²) in [7, 11) is 0. The highest BCUT2D eigenvalue weighted by atomic mass is 14.8. The Balaban J connectivity index is 0.000000561. The smallest absolute Gasteiger partial charge is 0.0672 e. The van der Waals surface area contributed by atoms with Crippen molar-refractivity contribution in [3.8, 4) is 0 Å². The summed E-state index contributed by atoms with van der Waals surface area (Å²) in [5.74, 6) is 0. The first-order valence-corrected chi connectivity index (χ1v) is 8.52. The molecule has 0 fully saturated rings. The third kappa shape index (κ3) is 4.30. The van der Waals surface area contributed by atoms with Gasteiger partial charge in [0.05, 0.1) is 11.4 Å². The average Bonchev–Trinajstić information content (AvgIpc) is 3.02. The Hall–Kier alpha value is -1.89. The fraction of sp³-hybridized carbons (Fsp3) is 0.381. The molecule has 22 heavy (non-hydrogen) atoms. The zero-order valence-corrected chi connectivity index (χ0v) is 14.9. The minimum absolute atomic E-state index is 0.961. The number of hydrogen-bond donors (Lipinski definition) is 0. The molecule has 2 aromatic carbocycles. The number of aliphatic imine (C=N–C) groups is 1. The van der Waals surface area contributed by atoms with E-state index in [9.17, 15) is 0 Å². The van der Waals surface area contributed by atoms with Gasteiger partial charge in [-0.3, -0.25) is 4.99 Å². The van der Waals surface area contributed by atoms with Gasteiger partial charge in [-0.2, -0.15) is 0 Å². The normalized spacial score (nSPS) is 11.5. The summed E-state index contributed by atoms with van der Waals surface area (Å²) in [5, 5.41) is 0. The molecule has 1 nitrogen and oxygen atoms in total. The van der Waals surface area contributed by atoms with Crippen LogP contribution in [0.2, 0.25) is 0 Å². The molecule has 0 aliphatic carbocycles. The van der Waals surface area contributed by atoms with Gasteiger partial charge in [-0.15, -0.1) is 0 Å². The highest BCUT2D eigenvalue weighted by molar-refractivity contribution is 6.06. The molecule has 1 aliphatic rings. The molecule has 0 aromatic heterocycles. The summed E-state index contributed by atoms with van der Waals surface area (Å²) < 4.78 is 0. The summed E-state index contributed by atoms with van der Waals surface area (Å²) in [4.78, 5) is 4.78. The van der Waals surface area contributed by atoms with Gasteiger partial charge >= 0.3 is 0 Å². The predicted octanol–water partition coefficient (Wildman–Crippen LogP) is 6.29. The molecule has 0 saturated heterocycles. The molecule has 3 rings (SSSR count). The highest BCUT2D eigenvalue weighted by Gasteiger charge is 2.15. The maximum atomic E-state index is 4.78. The first-order chi connectivity index (χ1) is 10.8. The highest BCUT2D eigenvalue weighted by Crippen LogP contribution is 2.30. The Morgan fingerprint density at radius 1 is 0.909 bits per heavy atom. The molecule has 0 saturated carbocycles. The van der Waals surface area contributed by atoms with Crippen LogP contribution in [-0.4, -0.2) is 5.71 Å². The lowest BCUT2D eigenvalue weighted by atomic mass is 10.0. The quantitative estimate of drug-likeness (QED) is 0.617. The summed E-state index contributed by atoms with van der Waals surface area (Å²) in [6.07, 6.45) is 2.03. The average molecular weight is 295 g/mol. The second kappa shape index (κ2) is 9.19. The number of hydrogen-bond acceptors (Lipinski definition) is 1. The van der Waals surface area contributed by atoms with Crippen LogP contribution in [0.25, 0.3) is 0 Å². The van der Waals surface area contributed by atoms with E-state index in [-0.39, 0.29) is 0 Å². The van der Waals surface area contributed by atoms with Gasteiger partial charge in [0.15, 0.2) is 0 Å². The van der Waals surface area contributed by atoms with Crippen LogP contribution in [0.1, 0.15) is 56.9 Å². The summed E-state index contributed by atoms with van der Waals surface area (Å²) in [5.41, 5.74) is 7.60. The Bertz CT molecular complexity index is 606. The predicted molar refractivity (Wildman–Crippen MR) is 99.6 cm³/mol. The minimum Gasteiger partial charge on any atom is -0.252 e. The Kier molecular flexibility index (Phi) is 7.59. The largest absolute Gasteiger partial charge is 0.252 e. The maximum absolute atomic E-state index is 4.78. The first kappa shape index (κ1) is 18.2. The minimum atomic E-state index is 0.961. The van der Waals surface area contributed by atoms with Crippen molar-refractivity contribution < 1.29 is 0 Å². The van der Waals surface area contributed by atoms with Gasteiger partial charge in [0.2, 0.25) is 0 Å². The van der Waals surface area contributed by atoms with Gasteiger partial charge < -0.3 is 0 Å². The van der Waals surface area contributed by atoms with Crippen LogP contribution in [0, 0.1) is 6.92 Å². The van der Waals surface area contributed by atoms with Gasteiger partial charge in [0, 0.05) is 6.42 Å². The molecule has 118 valence electrons. The fourth-order valence-electron chi connectivity index (χ4n) is 2.36. The summed E-state index contributed by atoms with van der Waals surface area (Å²) >= 11 is 0. The summed E-state index contributed by atoms with van der Waals surface area (Å²) in [6, 6.07) is 15.3. The lowest BCUT2D eigenvalue weighted by Crippen LogP contribution is -1.99. The van der Waals surface area contributed by atoms with Gasteiger partial charge in [-0.05, 0) is 36.1 Å². The van der Waals surface area contributed by atoms with Crippen molar-refractivity contribution in [1.82, 2.24) is 0 Å². The summed E-state index contributed by atoms with van der Waals surface area (Å²) in [6.45, 7) is 12.3. The van der Waals surface area contributed by atoms with E-state index in [4.69, 9.17) is 4.99 Å². The van der Waals surface area contributed by atoms with Crippen LogP contribution in [0.3, 0.4) is 0 Å². The fourth-order valence-corrected chi connectivity index (χ4v) is 2.36. The molecule has 0 unspecified atom stereocenters. The van der Waals surface area contributed by atoms with Gasteiger partial charge in [0.25, 0.3) is 0 Å². The zero-order chi connectivity index (χ0) is 16.5. The van der Waals surface area contributed by atoms with Crippen LogP contribution in [-0.2, 0) is 12.8 Å². The molecule has 2 aromatic rings. The van der Waals surface area contributed by atoms with Crippen molar-refractivity contribution in [3.05, 3.63) is 64.7 Å². The van der Waals surface area contributed by atoms with E-state index in [0.29, 0.717) is 0 Å². The van der Waals surface area contributed by atoms with Crippen LogP contribution >= 0.6 is 0 Å². The molecular formula is C21H29N. The lowest BCUT2D eigenvalue weighted by Gasteiger charge is -2.00. The van der Waals surface area contributed by atoms with Crippen LogP contribution in [0.5, 0.6) is 0 Å². The van der Waals surface area contributed by atoms with Crippen molar-refractivity contribution >= 4 is 11.4 Å². The number of fused-ring (bicyclic) bond motifs is 1. The second-order valence-corrected chi connectivity index (χ2v) is 4.92. The zero-order valence-electron chi connectivity index (χ0n) is 14.9. The molecule has 1 heterocycles. The van der Waals surface area contributed by atoms with Gasteiger partial charge in [0.1, 0.15) is 0 Å². The van der Waals surface area contributed by atoms with Crippen molar-refractivity contribution in [2.75, 3.05) is 0 Å². The van der Waals surface area contributed by atoms with Gasteiger partial charge in [-0.1, -0.05) is 76.6 Å². The maximum Gasteiger partial charge on any atom is 0.0672 e. The van der Waals surface area contributed by atoms with E-state index < -0.39 is 0 Å². The molecule has 0 radical (unpaired) electrons. The Morgan fingerprint density at radius 2 is 1.55 bits per heavy atom. The molecule has 0 amide bonds. The van der Waals surface area contributed by atoms with E-state index in [2.05, 4.69) is 56.3 Å². The Labute approximate surface area is 136 Å². The topological polar surface area (TPSA) is 12.4 Å². The van der Waals surface area contributed by atoms with Crippen LogP contribution in [0.4, 0.5) is 5.69 Å². The lowest BCUT2D eigenvalue weighted by molar-refractivity contribution is 1.13. The second-order valence-electron chi connectivity index (χ2n) is 4.92. The van der Waals surface area contributed by atoms with E-state index in [1.807, 2.05) is 27.7 Å². The number of benzene rings is 2. The molecule has 0 spiro atoms. The number of nitrogens with zero attached hydrogens (tertiary/aromatic N) is 1. The molecular weight excluding hydrogens is 266 g/mol. The van der Waals surface area contributed by atoms with Crippen molar-refractivity contribution in [3.63, 3.8) is 0 Å². The Morgan fingerprint density at radius 3 is 2.14 bits per heavy atom. The molecule has 0 atom stereocenters. The van der Waals surface area contributed by atoms with E-state index >= 15 is 0 Å². The first-order valence-electron chi connectivity index (χ1n) is 8.52. The van der Waals surface area contributed by atoms with Gasteiger partial charge in [-0.25, -0.2) is 0 Å². The van der Waals surface area contributed by atoms with E-state index in [1.54, 1.807) is 0 Å². The van der Waals surface area contributed by atoms with Crippen LogP contribution in [0.15, 0.2) is 47.5 Å². The van der Waals surface area contributed by atoms with Crippen molar-refractivity contribution in [2.45, 2.75) is 54.4 Å². The standard InChI is InChI=1S/C17H17N.2C2H6/c1-3-13-6-9-15-11-17(18-16(15)10-13)14-7-4-12(2)5-8-14;2*1-2/h4-10H,3,11H2,1-2H3;2*1-2H3. The molecule has 0 N–H and O–H groups in total. The van der Waals surface area contributed by atoms with E-state index in [1.165, 1.54) is 28.0 Å². The third-order valence-electron chi connectivity index (χ3n) is 3.56. The van der Waals surface area contributed by atoms with Crippen LogP contribution < -0.4 is 0 Å². The third-order valence-corrected chi connectivity index (χ3v) is 3.56. The van der Waals surface area contributed by atoms with Crippen molar-refractivity contribution in [2.24, 2.45) is 4.99 Å². The SMILES string of the molecule is CC.CC.CCc1ccc2c(c1)N=C(c1ccc(C)cc1)C2. The number of rotatable bonds is 2.